The van der Waals surface area contributed by atoms with Crippen molar-refractivity contribution in [3.05, 3.63) is 64.3 Å². The van der Waals surface area contributed by atoms with Crippen molar-refractivity contribution in [3.63, 3.8) is 0 Å². The Hall–Kier alpha value is -2.25. The van der Waals surface area contributed by atoms with Crippen LogP contribution in [-0.4, -0.2) is 42.1 Å². The quantitative estimate of drug-likeness (QED) is 0.376. The Labute approximate surface area is 209 Å². The number of halogens is 2. The predicted molar refractivity (Wildman–Crippen MR) is 135 cm³/mol. The summed E-state index contributed by atoms with van der Waals surface area (Å²) in [5.74, 6) is 1.17. The van der Waals surface area contributed by atoms with Gasteiger partial charge in [-0.05, 0) is 74.1 Å². The molecule has 1 aliphatic carbocycles. The van der Waals surface area contributed by atoms with Crippen LogP contribution < -0.4 is 10.1 Å². The minimum atomic E-state index is -0.702. The number of rotatable bonds is 9. The van der Waals surface area contributed by atoms with Gasteiger partial charge < -0.3 is 24.5 Å². The van der Waals surface area contributed by atoms with Crippen molar-refractivity contribution < 1.29 is 19.4 Å². The molecule has 0 radical (unpaired) electrons. The molecule has 182 valence electrons. The zero-order valence-electron chi connectivity index (χ0n) is 19.2. The summed E-state index contributed by atoms with van der Waals surface area (Å²) in [4.78, 5) is 13.2. The van der Waals surface area contributed by atoms with Crippen LogP contribution in [0.4, 0.5) is 0 Å². The molecule has 1 fully saturated rings. The monoisotopic (exact) mass is 504 g/mol. The lowest BCUT2D eigenvalue weighted by Crippen LogP contribution is -2.34. The molecule has 0 aliphatic heterocycles. The number of nitrogens with one attached hydrogen (secondary N) is 1. The van der Waals surface area contributed by atoms with Gasteiger partial charge >= 0.3 is 0 Å². The SMILES string of the molecule is COC(O)C1CCC(CNC(=O)c2cc(Cl)cc3ccn(CCOc4ccc(Cl)cc4)c23)CC1. The van der Waals surface area contributed by atoms with Gasteiger partial charge in [-0.25, -0.2) is 0 Å². The van der Waals surface area contributed by atoms with Gasteiger partial charge in [-0.3, -0.25) is 4.79 Å². The summed E-state index contributed by atoms with van der Waals surface area (Å²) < 4.78 is 12.9. The molecule has 1 aliphatic rings. The lowest BCUT2D eigenvalue weighted by atomic mass is 9.81. The molecule has 1 aromatic heterocycles. The van der Waals surface area contributed by atoms with Crippen molar-refractivity contribution >= 4 is 40.0 Å². The number of carbonyl (C=O) groups excluding carboxylic acids is 1. The highest BCUT2D eigenvalue weighted by Crippen LogP contribution is 2.31. The van der Waals surface area contributed by atoms with E-state index >= 15 is 0 Å². The number of ether oxygens (including phenoxy) is 2. The Morgan fingerprint density at radius 1 is 1.12 bits per heavy atom. The van der Waals surface area contributed by atoms with E-state index in [-0.39, 0.29) is 11.8 Å². The Kier molecular flexibility index (Phi) is 8.37. The van der Waals surface area contributed by atoms with Crippen molar-refractivity contribution in [2.45, 2.75) is 38.5 Å². The van der Waals surface area contributed by atoms with Gasteiger partial charge in [0, 0.05) is 41.2 Å². The van der Waals surface area contributed by atoms with Gasteiger partial charge in [-0.15, -0.1) is 0 Å². The van der Waals surface area contributed by atoms with Crippen LogP contribution in [-0.2, 0) is 11.3 Å². The largest absolute Gasteiger partial charge is 0.492 e. The minimum Gasteiger partial charge on any atom is -0.492 e. The minimum absolute atomic E-state index is 0.134. The molecule has 8 heteroatoms. The number of nitrogens with zero attached hydrogens (tertiary/aromatic N) is 1. The Morgan fingerprint density at radius 3 is 2.56 bits per heavy atom. The molecular weight excluding hydrogens is 475 g/mol. The Bertz CT molecular complexity index is 1110. The highest BCUT2D eigenvalue weighted by molar-refractivity contribution is 6.32. The maximum absolute atomic E-state index is 13.2. The molecule has 3 aromatic rings. The van der Waals surface area contributed by atoms with Crippen molar-refractivity contribution in [2.75, 3.05) is 20.3 Å². The number of methoxy groups -OCH3 is 1. The van der Waals surface area contributed by atoms with E-state index in [2.05, 4.69) is 5.32 Å². The first-order valence-electron chi connectivity index (χ1n) is 11.6. The van der Waals surface area contributed by atoms with E-state index in [9.17, 15) is 9.90 Å². The second kappa shape index (κ2) is 11.5. The summed E-state index contributed by atoms with van der Waals surface area (Å²) in [5.41, 5.74) is 1.40. The van der Waals surface area contributed by atoms with Crippen LogP contribution in [0.25, 0.3) is 10.9 Å². The molecule has 6 nitrogen and oxygen atoms in total. The van der Waals surface area contributed by atoms with Crippen molar-refractivity contribution in [1.82, 2.24) is 9.88 Å². The van der Waals surface area contributed by atoms with Crippen LogP contribution in [0.15, 0.2) is 48.7 Å². The number of carbonyl (C=O) groups is 1. The fourth-order valence-corrected chi connectivity index (χ4v) is 5.02. The number of hydrogen-bond acceptors (Lipinski definition) is 4. The molecule has 2 N–H and O–H groups in total. The summed E-state index contributed by atoms with van der Waals surface area (Å²) >= 11 is 12.3. The molecule has 1 atom stereocenters. The number of aliphatic hydroxyl groups is 1. The van der Waals surface area contributed by atoms with Gasteiger partial charge in [-0.1, -0.05) is 23.2 Å². The average Bonchev–Trinajstić information content (AvgIpc) is 3.25. The summed E-state index contributed by atoms with van der Waals surface area (Å²) in [6.07, 6.45) is 4.95. The third kappa shape index (κ3) is 6.05. The van der Waals surface area contributed by atoms with E-state index in [4.69, 9.17) is 32.7 Å². The highest BCUT2D eigenvalue weighted by atomic mass is 35.5. The summed E-state index contributed by atoms with van der Waals surface area (Å²) in [7, 11) is 1.53. The van der Waals surface area contributed by atoms with Crippen LogP contribution in [0.2, 0.25) is 10.0 Å². The predicted octanol–water partition coefficient (Wildman–Crippen LogP) is 5.53. The van der Waals surface area contributed by atoms with Gasteiger partial charge in [0.25, 0.3) is 5.91 Å². The fraction of sp³-hybridized carbons (Fsp3) is 0.423. The second-order valence-electron chi connectivity index (χ2n) is 8.82. The summed E-state index contributed by atoms with van der Waals surface area (Å²) in [6, 6.07) is 12.8. The first kappa shape index (κ1) is 24.9. The molecule has 0 spiro atoms. The zero-order valence-corrected chi connectivity index (χ0v) is 20.7. The van der Waals surface area contributed by atoms with Gasteiger partial charge in [0.15, 0.2) is 6.29 Å². The fourth-order valence-electron chi connectivity index (χ4n) is 4.67. The number of hydrogen-bond donors (Lipinski definition) is 2. The smallest absolute Gasteiger partial charge is 0.253 e. The first-order chi connectivity index (χ1) is 16.4. The standard InChI is InChI=1S/C26H30Cl2N2O4/c1-33-26(32)18-4-2-17(3-5-18)16-29-25(31)23-15-21(28)14-19-10-11-30(24(19)23)12-13-34-22-8-6-20(27)7-9-22/h6-11,14-15,17-18,26,32H,2-5,12-13,16H2,1H3,(H,29,31). The van der Waals surface area contributed by atoms with Crippen LogP contribution in [0.1, 0.15) is 36.0 Å². The summed E-state index contributed by atoms with van der Waals surface area (Å²) in [5, 5.41) is 15.1. The summed E-state index contributed by atoms with van der Waals surface area (Å²) in [6.45, 7) is 1.63. The van der Waals surface area contributed by atoms with E-state index in [1.165, 1.54) is 7.11 Å². The molecule has 0 saturated heterocycles. The molecule has 1 unspecified atom stereocenters. The maximum Gasteiger partial charge on any atom is 0.253 e. The lowest BCUT2D eigenvalue weighted by Gasteiger charge is -2.30. The molecule has 0 bridgehead atoms. The number of benzene rings is 2. The Balaban J connectivity index is 1.39. The zero-order chi connectivity index (χ0) is 24.1. The molecule has 2 aromatic carbocycles. The third-order valence-corrected chi connectivity index (χ3v) is 7.04. The lowest BCUT2D eigenvalue weighted by molar-refractivity contribution is -0.122. The number of amides is 1. The maximum atomic E-state index is 13.2. The van der Waals surface area contributed by atoms with E-state index in [0.29, 0.717) is 41.2 Å². The van der Waals surface area contributed by atoms with Crippen LogP contribution in [0.3, 0.4) is 0 Å². The Morgan fingerprint density at radius 2 is 1.85 bits per heavy atom. The normalized spacial score (nSPS) is 19.2. The molecule has 1 saturated carbocycles. The number of aromatic nitrogens is 1. The molecule has 1 heterocycles. The van der Waals surface area contributed by atoms with Crippen molar-refractivity contribution in [2.24, 2.45) is 11.8 Å². The van der Waals surface area contributed by atoms with Crippen LogP contribution >= 0.6 is 23.2 Å². The van der Waals surface area contributed by atoms with Gasteiger partial charge in [0.2, 0.25) is 0 Å². The van der Waals surface area contributed by atoms with E-state index in [0.717, 1.165) is 42.3 Å². The van der Waals surface area contributed by atoms with Gasteiger partial charge in [-0.2, -0.15) is 0 Å². The molecule has 34 heavy (non-hydrogen) atoms. The van der Waals surface area contributed by atoms with Crippen LogP contribution in [0.5, 0.6) is 5.75 Å². The molecular formula is C26H30Cl2N2O4. The van der Waals surface area contributed by atoms with E-state index in [1.54, 1.807) is 18.2 Å². The number of aliphatic hydroxyl groups excluding tert-OH is 1. The van der Waals surface area contributed by atoms with Crippen LogP contribution in [0, 0.1) is 11.8 Å². The molecule has 1 amide bonds. The molecule has 4 rings (SSSR count). The average molecular weight is 505 g/mol. The highest BCUT2D eigenvalue weighted by Gasteiger charge is 2.27. The van der Waals surface area contributed by atoms with Gasteiger partial charge in [0.1, 0.15) is 12.4 Å². The van der Waals surface area contributed by atoms with Crippen molar-refractivity contribution in [3.8, 4) is 5.75 Å². The third-order valence-electron chi connectivity index (χ3n) is 6.57. The number of fused-ring (bicyclic) bond motifs is 1. The van der Waals surface area contributed by atoms with E-state index in [1.807, 2.05) is 35.0 Å². The topological polar surface area (TPSA) is 72.7 Å². The second-order valence-corrected chi connectivity index (χ2v) is 9.69. The van der Waals surface area contributed by atoms with Crippen molar-refractivity contribution in [1.29, 1.82) is 0 Å². The van der Waals surface area contributed by atoms with E-state index < -0.39 is 6.29 Å². The van der Waals surface area contributed by atoms with Gasteiger partial charge in [0.05, 0.1) is 17.6 Å². The first-order valence-corrected chi connectivity index (χ1v) is 12.4.